The van der Waals surface area contributed by atoms with Crippen LogP contribution in [0.1, 0.15) is 52.9 Å². The standard InChI is InChI=1S/C13H24N2O3/c1-4-15(13(2,3)11(16)17)12(18)14-10-8-6-5-7-9-10/h10H,4-9H2,1-3H3,(H,14,18)(H,16,17). The molecule has 0 bridgehead atoms. The first-order valence-corrected chi connectivity index (χ1v) is 6.71. The largest absolute Gasteiger partial charge is 0.480 e. The lowest BCUT2D eigenvalue weighted by molar-refractivity contribution is -0.147. The van der Waals surface area contributed by atoms with Crippen molar-refractivity contribution < 1.29 is 14.7 Å². The van der Waals surface area contributed by atoms with E-state index in [0.717, 1.165) is 25.7 Å². The summed E-state index contributed by atoms with van der Waals surface area (Å²) in [5.41, 5.74) is -1.17. The molecule has 1 aliphatic carbocycles. The van der Waals surface area contributed by atoms with E-state index in [0.29, 0.717) is 6.54 Å². The zero-order valence-corrected chi connectivity index (χ0v) is 11.5. The molecule has 0 radical (unpaired) electrons. The summed E-state index contributed by atoms with van der Waals surface area (Å²) in [4.78, 5) is 24.7. The average Bonchev–Trinajstić information content (AvgIpc) is 2.30. The zero-order chi connectivity index (χ0) is 13.8. The summed E-state index contributed by atoms with van der Waals surface area (Å²) in [5.74, 6) is -0.983. The fraction of sp³-hybridized carbons (Fsp3) is 0.846. The molecule has 0 aromatic heterocycles. The topological polar surface area (TPSA) is 69.6 Å². The van der Waals surface area contributed by atoms with Crippen LogP contribution in [0.5, 0.6) is 0 Å². The number of carbonyl (C=O) groups is 2. The summed E-state index contributed by atoms with van der Waals surface area (Å²) in [6.45, 7) is 5.29. The Balaban J connectivity index is 2.64. The first-order chi connectivity index (χ1) is 8.39. The number of hydrogen-bond acceptors (Lipinski definition) is 2. The first kappa shape index (κ1) is 14.8. The molecule has 18 heavy (non-hydrogen) atoms. The average molecular weight is 256 g/mol. The Hall–Kier alpha value is -1.26. The van der Waals surface area contributed by atoms with Gasteiger partial charge in [-0.3, -0.25) is 0 Å². The van der Waals surface area contributed by atoms with Crippen LogP contribution in [0.3, 0.4) is 0 Å². The summed E-state index contributed by atoms with van der Waals surface area (Å²) in [7, 11) is 0. The third kappa shape index (κ3) is 3.37. The second kappa shape index (κ2) is 6.07. The number of carbonyl (C=O) groups excluding carboxylic acids is 1. The zero-order valence-electron chi connectivity index (χ0n) is 11.5. The van der Waals surface area contributed by atoms with Crippen LogP contribution < -0.4 is 5.32 Å². The van der Waals surface area contributed by atoms with Crippen molar-refractivity contribution in [3.63, 3.8) is 0 Å². The monoisotopic (exact) mass is 256 g/mol. The van der Waals surface area contributed by atoms with Crippen LogP contribution in [-0.4, -0.2) is 40.1 Å². The Labute approximate surface area is 109 Å². The smallest absolute Gasteiger partial charge is 0.329 e. The highest BCUT2D eigenvalue weighted by Gasteiger charge is 2.37. The Morgan fingerprint density at radius 2 is 1.83 bits per heavy atom. The molecule has 1 aliphatic rings. The Morgan fingerprint density at radius 3 is 2.28 bits per heavy atom. The maximum absolute atomic E-state index is 12.1. The van der Waals surface area contributed by atoms with Gasteiger partial charge < -0.3 is 15.3 Å². The van der Waals surface area contributed by atoms with E-state index >= 15 is 0 Å². The van der Waals surface area contributed by atoms with E-state index in [1.807, 2.05) is 0 Å². The summed E-state index contributed by atoms with van der Waals surface area (Å²) in [6.07, 6.45) is 5.50. The van der Waals surface area contributed by atoms with E-state index in [-0.39, 0.29) is 12.1 Å². The third-order valence-corrected chi connectivity index (χ3v) is 3.69. The molecule has 0 saturated heterocycles. The molecular formula is C13H24N2O3. The number of urea groups is 1. The number of likely N-dealkylation sites (N-methyl/N-ethyl adjacent to an activating group) is 1. The van der Waals surface area contributed by atoms with Crippen molar-refractivity contribution in [3.05, 3.63) is 0 Å². The van der Waals surface area contributed by atoms with E-state index in [4.69, 9.17) is 0 Å². The molecule has 1 rings (SSSR count). The van der Waals surface area contributed by atoms with Crippen molar-refractivity contribution in [1.82, 2.24) is 10.2 Å². The molecule has 2 amide bonds. The number of amides is 2. The molecule has 0 atom stereocenters. The van der Waals surface area contributed by atoms with Crippen LogP contribution >= 0.6 is 0 Å². The number of carboxylic acid groups (broad SMARTS) is 1. The lowest BCUT2D eigenvalue weighted by Gasteiger charge is -2.36. The van der Waals surface area contributed by atoms with Gasteiger partial charge in [-0.05, 0) is 33.6 Å². The molecule has 0 aromatic carbocycles. The van der Waals surface area contributed by atoms with Gasteiger partial charge >= 0.3 is 12.0 Å². The van der Waals surface area contributed by atoms with Crippen molar-refractivity contribution in [3.8, 4) is 0 Å². The van der Waals surface area contributed by atoms with Crippen LogP contribution in [0.2, 0.25) is 0 Å². The van der Waals surface area contributed by atoms with E-state index < -0.39 is 11.5 Å². The van der Waals surface area contributed by atoms with E-state index in [2.05, 4.69) is 5.32 Å². The molecule has 5 nitrogen and oxygen atoms in total. The van der Waals surface area contributed by atoms with Crippen LogP contribution in [-0.2, 0) is 4.79 Å². The molecule has 0 aliphatic heterocycles. The predicted octanol–water partition coefficient (Wildman–Crippen LogP) is 2.21. The van der Waals surface area contributed by atoms with Crippen molar-refractivity contribution in [2.75, 3.05) is 6.54 Å². The van der Waals surface area contributed by atoms with Gasteiger partial charge in [0.15, 0.2) is 0 Å². The summed E-state index contributed by atoms with van der Waals surface area (Å²) >= 11 is 0. The Morgan fingerprint density at radius 1 is 1.28 bits per heavy atom. The second-order valence-corrected chi connectivity index (χ2v) is 5.39. The fourth-order valence-electron chi connectivity index (χ4n) is 2.41. The Kier molecular flexibility index (Phi) is 4.99. The molecule has 1 fully saturated rings. The van der Waals surface area contributed by atoms with Crippen molar-refractivity contribution >= 4 is 12.0 Å². The predicted molar refractivity (Wildman–Crippen MR) is 69.5 cm³/mol. The number of aliphatic carboxylic acids is 1. The molecule has 104 valence electrons. The van der Waals surface area contributed by atoms with Gasteiger partial charge in [0.05, 0.1) is 0 Å². The van der Waals surface area contributed by atoms with Gasteiger partial charge in [0.1, 0.15) is 5.54 Å². The van der Waals surface area contributed by atoms with Crippen LogP contribution in [0, 0.1) is 0 Å². The molecule has 1 saturated carbocycles. The van der Waals surface area contributed by atoms with Crippen LogP contribution in [0.15, 0.2) is 0 Å². The van der Waals surface area contributed by atoms with Gasteiger partial charge in [0.2, 0.25) is 0 Å². The van der Waals surface area contributed by atoms with E-state index in [1.165, 1.54) is 11.3 Å². The highest BCUT2D eigenvalue weighted by molar-refractivity contribution is 5.85. The van der Waals surface area contributed by atoms with E-state index in [9.17, 15) is 14.7 Å². The highest BCUT2D eigenvalue weighted by Crippen LogP contribution is 2.19. The third-order valence-electron chi connectivity index (χ3n) is 3.69. The SMILES string of the molecule is CCN(C(=O)NC1CCCCC1)C(C)(C)C(=O)O. The minimum Gasteiger partial charge on any atom is -0.480 e. The van der Waals surface area contributed by atoms with Gasteiger partial charge in [0.25, 0.3) is 0 Å². The van der Waals surface area contributed by atoms with Gasteiger partial charge in [0, 0.05) is 12.6 Å². The molecule has 0 unspecified atom stereocenters. The summed E-state index contributed by atoms with van der Waals surface area (Å²) in [6, 6.07) is -0.0679. The molecule has 2 N–H and O–H groups in total. The maximum Gasteiger partial charge on any atom is 0.329 e. The molecule has 0 spiro atoms. The fourth-order valence-corrected chi connectivity index (χ4v) is 2.41. The van der Waals surface area contributed by atoms with Crippen molar-refractivity contribution in [1.29, 1.82) is 0 Å². The Bertz CT molecular complexity index is 309. The minimum absolute atomic E-state index is 0.199. The number of rotatable bonds is 4. The van der Waals surface area contributed by atoms with Gasteiger partial charge in [-0.1, -0.05) is 19.3 Å². The van der Waals surface area contributed by atoms with Crippen molar-refractivity contribution in [2.24, 2.45) is 0 Å². The quantitative estimate of drug-likeness (QED) is 0.810. The van der Waals surface area contributed by atoms with Crippen LogP contribution in [0.25, 0.3) is 0 Å². The van der Waals surface area contributed by atoms with Crippen molar-refractivity contribution in [2.45, 2.75) is 64.5 Å². The minimum atomic E-state index is -1.17. The second-order valence-electron chi connectivity index (χ2n) is 5.39. The lowest BCUT2D eigenvalue weighted by atomic mass is 9.95. The molecule has 5 heteroatoms. The number of nitrogens with one attached hydrogen (secondary N) is 1. The maximum atomic E-state index is 12.1. The lowest BCUT2D eigenvalue weighted by Crippen LogP contribution is -2.57. The van der Waals surface area contributed by atoms with Crippen LogP contribution in [0.4, 0.5) is 4.79 Å². The molecule has 0 aromatic rings. The molecule has 0 heterocycles. The highest BCUT2D eigenvalue weighted by atomic mass is 16.4. The number of nitrogens with zero attached hydrogens (tertiary/aromatic N) is 1. The number of hydrogen-bond donors (Lipinski definition) is 2. The summed E-state index contributed by atoms with van der Waals surface area (Å²) in [5, 5.41) is 12.1. The van der Waals surface area contributed by atoms with Gasteiger partial charge in [-0.15, -0.1) is 0 Å². The number of carboxylic acids is 1. The van der Waals surface area contributed by atoms with E-state index in [1.54, 1.807) is 20.8 Å². The van der Waals surface area contributed by atoms with Gasteiger partial charge in [-0.25, -0.2) is 9.59 Å². The van der Waals surface area contributed by atoms with Gasteiger partial charge in [-0.2, -0.15) is 0 Å². The molecular weight excluding hydrogens is 232 g/mol. The summed E-state index contributed by atoms with van der Waals surface area (Å²) < 4.78 is 0. The first-order valence-electron chi connectivity index (χ1n) is 6.71. The normalized spacial score (nSPS) is 17.3.